The van der Waals surface area contributed by atoms with Crippen LogP contribution < -0.4 is 15.2 Å². The van der Waals surface area contributed by atoms with Crippen LogP contribution in [0.1, 0.15) is 5.56 Å². The molecule has 0 aliphatic carbocycles. The molecule has 7 heteroatoms. The van der Waals surface area contributed by atoms with E-state index in [-0.39, 0.29) is 12.3 Å². The molecule has 0 amide bonds. The monoisotopic (exact) mass is 312 g/mol. The first kappa shape index (κ1) is 14.8. The van der Waals surface area contributed by atoms with Gasteiger partial charge in [-0.05, 0) is 34.7 Å². The quantitative estimate of drug-likeness (QED) is 0.715. The number of benzene rings is 2. The van der Waals surface area contributed by atoms with E-state index in [0.717, 1.165) is 11.3 Å². The fourth-order valence-corrected chi connectivity index (χ4v) is 2.23. The Hall–Kier alpha value is -3.09. The lowest BCUT2D eigenvalue weighted by Gasteiger charge is -2.14. The second kappa shape index (κ2) is 6.35. The van der Waals surface area contributed by atoms with E-state index in [4.69, 9.17) is 9.47 Å². The lowest BCUT2D eigenvalue weighted by atomic mass is 10.1. The Kier molecular flexibility index (Phi) is 4.09. The molecule has 0 saturated heterocycles. The topological polar surface area (TPSA) is 71.2 Å². The summed E-state index contributed by atoms with van der Waals surface area (Å²) >= 11 is 0. The van der Waals surface area contributed by atoms with Crippen LogP contribution in [0.15, 0.2) is 53.3 Å². The van der Waals surface area contributed by atoms with E-state index in [1.165, 1.54) is 9.36 Å². The van der Waals surface area contributed by atoms with E-state index >= 15 is 0 Å². The molecule has 3 aromatic rings. The molecule has 0 aliphatic rings. The molecule has 0 fully saturated rings. The van der Waals surface area contributed by atoms with Crippen molar-refractivity contribution in [1.82, 2.24) is 19.8 Å². The number of hydrogen-bond donors (Lipinski definition) is 0. The van der Waals surface area contributed by atoms with Gasteiger partial charge in [-0.25, -0.2) is 4.79 Å². The minimum atomic E-state index is -0.334. The lowest BCUT2D eigenvalue weighted by molar-refractivity contribution is 0.296. The predicted octanol–water partition coefficient (Wildman–Crippen LogP) is 1.55. The zero-order valence-electron chi connectivity index (χ0n) is 12.8. The summed E-state index contributed by atoms with van der Waals surface area (Å²) in [6.07, 6.45) is 0. The van der Waals surface area contributed by atoms with Crippen LogP contribution in [-0.2, 0) is 13.7 Å². The molecule has 0 saturated carbocycles. The van der Waals surface area contributed by atoms with Crippen molar-refractivity contribution in [3.05, 3.63) is 64.6 Å². The van der Waals surface area contributed by atoms with Gasteiger partial charge in [0.2, 0.25) is 0 Å². The van der Waals surface area contributed by atoms with Gasteiger partial charge in [-0.1, -0.05) is 24.3 Å². The number of methoxy groups -OCH3 is 1. The van der Waals surface area contributed by atoms with Gasteiger partial charge in [0, 0.05) is 7.05 Å². The molecule has 1 heterocycles. The standard InChI is InChI=1S/C16H16N4O3/c1-19-16(21)20(18-17-19)14-9-6-10-15(22-2)13(14)11-23-12-7-4-3-5-8-12/h3-10H,11H2,1-2H3. The summed E-state index contributed by atoms with van der Waals surface area (Å²) in [7, 11) is 3.12. The molecule has 0 radical (unpaired) electrons. The average Bonchev–Trinajstić information content (AvgIpc) is 2.92. The molecule has 0 bridgehead atoms. The van der Waals surface area contributed by atoms with E-state index in [1.54, 1.807) is 26.3 Å². The summed E-state index contributed by atoms with van der Waals surface area (Å²) < 4.78 is 13.6. The molecule has 3 rings (SSSR count). The van der Waals surface area contributed by atoms with Gasteiger partial charge in [0.15, 0.2) is 0 Å². The van der Waals surface area contributed by atoms with E-state index < -0.39 is 0 Å². The summed E-state index contributed by atoms with van der Waals surface area (Å²) in [5.41, 5.74) is 0.971. The van der Waals surface area contributed by atoms with Crippen LogP contribution in [0.4, 0.5) is 0 Å². The number of para-hydroxylation sites is 1. The predicted molar refractivity (Wildman–Crippen MR) is 83.9 cm³/mol. The van der Waals surface area contributed by atoms with Crippen molar-refractivity contribution in [2.75, 3.05) is 7.11 Å². The number of nitrogens with zero attached hydrogens (tertiary/aromatic N) is 4. The van der Waals surface area contributed by atoms with Crippen molar-refractivity contribution in [2.24, 2.45) is 7.05 Å². The van der Waals surface area contributed by atoms with Crippen LogP contribution in [-0.4, -0.2) is 26.9 Å². The Morgan fingerprint density at radius 1 is 1.04 bits per heavy atom. The van der Waals surface area contributed by atoms with Crippen molar-refractivity contribution >= 4 is 0 Å². The Morgan fingerprint density at radius 3 is 2.48 bits per heavy atom. The van der Waals surface area contributed by atoms with Crippen molar-refractivity contribution in [2.45, 2.75) is 6.61 Å². The summed E-state index contributed by atoms with van der Waals surface area (Å²) in [5.74, 6) is 1.35. The first-order valence-corrected chi connectivity index (χ1v) is 7.04. The maximum atomic E-state index is 12.1. The summed E-state index contributed by atoms with van der Waals surface area (Å²) in [4.78, 5) is 12.1. The molecule has 0 atom stereocenters. The van der Waals surface area contributed by atoms with Crippen molar-refractivity contribution in [1.29, 1.82) is 0 Å². The van der Waals surface area contributed by atoms with Crippen molar-refractivity contribution in [3.8, 4) is 17.2 Å². The van der Waals surface area contributed by atoms with Crippen LogP contribution in [0.3, 0.4) is 0 Å². The van der Waals surface area contributed by atoms with Gasteiger partial charge in [0.1, 0.15) is 18.1 Å². The Balaban J connectivity index is 2.00. The average molecular weight is 312 g/mol. The lowest BCUT2D eigenvalue weighted by Crippen LogP contribution is -2.23. The Bertz CT molecular complexity index is 855. The second-order valence-electron chi connectivity index (χ2n) is 4.86. The number of hydrogen-bond acceptors (Lipinski definition) is 5. The first-order valence-electron chi connectivity index (χ1n) is 7.04. The zero-order chi connectivity index (χ0) is 16.2. The fraction of sp³-hybridized carbons (Fsp3) is 0.188. The minimum absolute atomic E-state index is 0.242. The highest BCUT2D eigenvalue weighted by Gasteiger charge is 2.15. The third-order valence-electron chi connectivity index (χ3n) is 3.40. The Labute approximate surface area is 132 Å². The maximum absolute atomic E-state index is 12.1. The van der Waals surface area contributed by atoms with Gasteiger partial charge >= 0.3 is 5.69 Å². The molecule has 118 valence electrons. The molecule has 1 aromatic heterocycles. The summed E-state index contributed by atoms with van der Waals surface area (Å²) in [6.45, 7) is 0.242. The molecule has 0 unspecified atom stereocenters. The van der Waals surface area contributed by atoms with Gasteiger partial charge in [0.05, 0.1) is 18.4 Å². The molecule has 0 spiro atoms. The summed E-state index contributed by atoms with van der Waals surface area (Å²) in [5, 5.41) is 7.63. The number of ether oxygens (including phenoxy) is 2. The number of rotatable bonds is 5. The van der Waals surface area contributed by atoms with Gasteiger partial charge in [-0.15, -0.1) is 0 Å². The van der Waals surface area contributed by atoms with Crippen LogP contribution in [0, 0.1) is 0 Å². The van der Waals surface area contributed by atoms with Gasteiger partial charge in [-0.2, -0.15) is 9.36 Å². The number of aryl methyl sites for hydroxylation is 1. The normalized spacial score (nSPS) is 10.5. The van der Waals surface area contributed by atoms with Gasteiger partial charge < -0.3 is 9.47 Å². The molecule has 7 nitrogen and oxygen atoms in total. The van der Waals surface area contributed by atoms with Crippen LogP contribution in [0.5, 0.6) is 11.5 Å². The molecule has 23 heavy (non-hydrogen) atoms. The molecule has 0 aliphatic heterocycles. The van der Waals surface area contributed by atoms with Crippen LogP contribution >= 0.6 is 0 Å². The Morgan fingerprint density at radius 2 is 1.83 bits per heavy atom. The summed E-state index contributed by atoms with van der Waals surface area (Å²) in [6, 6.07) is 14.8. The molecule has 0 N–H and O–H groups in total. The largest absolute Gasteiger partial charge is 0.496 e. The SMILES string of the molecule is COc1cccc(-n2nnn(C)c2=O)c1COc1ccccc1. The highest BCUT2D eigenvalue weighted by Crippen LogP contribution is 2.25. The number of aromatic nitrogens is 4. The van der Waals surface area contributed by atoms with Crippen LogP contribution in [0.25, 0.3) is 5.69 Å². The number of tetrazole rings is 1. The molecular formula is C16H16N4O3. The third kappa shape index (κ3) is 2.94. The van der Waals surface area contributed by atoms with E-state index in [2.05, 4.69) is 10.4 Å². The van der Waals surface area contributed by atoms with E-state index in [9.17, 15) is 4.79 Å². The van der Waals surface area contributed by atoms with Gasteiger partial charge in [-0.3, -0.25) is 0 Å². The first-order chi connectivity index (χ1) is 11.2. The molecule has 2 aromatic carbocycles. The highest BCUT2D eigenvalue weighted by molar-refractivity contribution is 5.49. The van der Waals surface area contributed by atoms with Crippen molar-refractivity contribution < 1.29 is 9.47 Å². The third-order valence-corrected chi connectivity index (χ3v) is 3.40. The second-order valence-corrected chi connectivity index (χ2v) is 4.86. The molecular weight excluding hydrogens is 296 g/mol. The minimum Gasteiger partial charge on any atom is -0.496 e. The van der Waals surface area contributed by atoms with E-state index in [0.29, 0.717) is 11.4 Å². The van der Waals surface area contributed by atoms with E-state index in [1.807, 2.05) is 36.4 Å². The van der Waals surface area contributed by atoms with Crippen LogP contribution in [0.2, 0.25) is 0 Å². The smallest absolute Gasteiger partial charge is 0.368 e. The van der Waals surface area contributed by atoms with Crippen molar-refractivity contribution in [3.63, 3.8) is 0 Å². The maximum Gasteiger partial charge on any atom is 0.368 e. The fourth-order valence-electron chi connectivity index (χ4n) is 2.23. The highest BCUT2D eigenvalue weighted by atomic mass is 16.5. The zero-order valence-corrected chi connectivity index (χ0v) is 12.8. The van der Waals surface area contributed by atoms with Gasteiger partial charge in [0.25, 0.3) is 0 Å².